The topological polar surface area (TPSA) is 178 Å². The van der Waals surface area contributed by atoms with Crippen molar-refractivity contribution in [1.82, 2.24) is 19.5 Å². The zero-order valence-electron chi connectivity index (χ0n) is 32.4. The molecular formula is C38H49N5O11. The Bertz CT molecular complexity index is 1890. The Morgan fingerprint density at radius 1 is 0.815 bits per heavy atom. The van der Waals surface area contributed by atoms with Gasteiger partial charge in [0.05, 0.1) is 16.8 Å². The zero-order chi connectivity index (χ0) is 40.0. The van der Waals surface area contributed by atoms with Crippen molar-refractivity contribution in [2.24, 2.45) is 12.0 Å². The molecule has 292 valence electrons. The van der Waals surface area contributed by atoms with Crippen molar-refractivity contribution >= 4 is 30.0 Å². The van der Waals surface area contributed by atoms with Crippen LogP contribution in [0, 0.1) is 0 Å². The molecule has 0 unspecified atom stereocenters. The van der Waals surface area contributed by atoms with Crippen LogP contribution in [0.4, 0.5) is 9.59 Å². The summed E-state index contributed by atoms with van der Waals surface area (Å²) < 4.78 is 20.3. The molecule has 0 saturated carbocycles. The Labute approximate surface area is 313 Å². The third-order valence-corrected chi connectivity index (χ3v) is 7.20. The molecule has 54 heavy (non-hydrogen) atoms. The number of imide groups is 1. The van der Waals surface area contributed by atoms with Crippen LogP contribution in [0.3, 0.4) is 0 Å². The summed E-state index contributed by atoms with van der Waals surface area (Å²) >= 11 is 0. The normalized spacial score (nSPS) is 14.1. The number of esters is 1. The van der Waals surface area contributed by atoms with E-state index in [0.29, 0.717) is 35.1 Å². The predicted molar refractivity (Wildman–Crippen MR) is 194 cm³/mol. The van der Waals surface area contributed by atoms with Crippen LogP contribution in [0.15, 0.2) is 59.7 Å². The molecule has 1 aromatic heterocycles. The Morgan fingerprint density at radius 3 is 1.96 bits per heavy atom. The van der Waals surface area contributed by atoms with Crippen molar-refractivity contribution in [3.05, 3.63) is 71.5 Å². The van der Waals surface area contributed by atoms with E-state index in [0.717, 1.165) is 5.56 Å². The maximum Gasteiger partial charge on any atom is 0.438 e. The minimum absolute atomic E-state index is 0.161. The van der Waals surface area contributed by atoms with Crippen LogP contribution in [0.2, 0.25) is 0 Å². The summed E-state index contributed by atoms with van der Waals surface area (Å²) in [6.07, 6.45) is -0.676. The van der Waals surface area contributed by atoms with Crippen LogP contribution in [-0.2, 0) is 42.5 Å². The molecule has 1 N–H and O–H groups in total. The number of hydrogen-bond donors (Lipinski definition) is 1. The van der Waals surface area contributed by atoms with Gasteiger partial charge >= 0.3 is 18.2 Å². The van der Waals surface area contributed by atoms with Gasteiger partial charge in [0.25, 0.3) is 11.8 Å². The van der Waals surface area contributed by atoms with Crippen molar-refractivity contribution in [2.45, 2.75) is 98.2 Å². The van der Waals surface area contributed by atoms with E-state index >= 15 is 0 Å². The Balaban J connectivity index is 1.51. The van der Waals surface area contributed by atoms with Gasteiger partial charge < -0.3 is 28.7 Å². The maximum absolute atomic E-state index is 13.2. The van der Waals surface area contributed by atoms with Crippen LogP contribution in [-0.4, -0.2) is 80.2 Å². The van der Waals surface area contributed by atoms with E-state index in [2.05, 4.69) is 10.3 Å². The van der Waals surface area contributed by atoms with E-state index in [1.165, 1.54) is 12.1 Å². The molecule has 0 saturated heterocycles. The largest absolute Gasteiger partial charge is 0.490 e. The second-order valence-corrected chi connectivity index (χ2v) is 15.4. The van der Waals surface area contributed by atoms with E-state index < -0.39 is 52.9 Å². The third kappa shape index (κ3) is 11.5. The Morgan fingerprint density at radius 2 is 1.41 bits per heavy atom. The Hall–Kier alpha value is -5.48. The number of fused-ring (bicyclic) bond motifs is 1. The smallest absolute Gasteiger partial charge is 0.438 e. The highest BCUT2D eigenvalue weighted by Crippen LogP contribution is 2.26. The number of rotatable bonds is 12. The summed E-state index contributed by atoms with van der Waals surface area (Å²) in [4.78, 5) is 83.5. The molecule has 0 aliphatic carbocycles. The number of carbonyl (C=O) groups excluding carboxylic acids is 5. The highest BCUT2D eigenvalue weighted by Gasteiger charge is 2.40. The molecule has 16 nitrogen and oxygen atoms in total. The molecule has 0 spiro atoms. The van der Waals surface area contributed by atoms with Crippen LogP contribution in [0.5, 0.6) is 5.75 Å². The number of nitrogens with one attached hydrogen (secondary N) is 1. The summed E-state index contributed by atoms with van der Waals surface area (Å²) in [7, 11) is 1.75. The average molecular weight is 752 g/mol. The molecule has 1 atom stereocenters. The first-order valence-electron chi connectivity index (χ1n) is 17.4. The van der Waals surface area contributed by atoms with Crippen LogP contribution in [0.1, 0.15) is 89.5 Å². The van der Waals surface area contributed by atoms with Crippen molar-refractivity contribution in [3.8, 4) is 17.0 Å². The average Bonchev–Trinajstić information content (AvgIpc) is 3.49. The number of ether oxygens (including phenoxy) is 3. The quantitative estimate of drug-likeness (QED) is 0.0813. The second kappa shape index (κ2) is 16.7. The van der Waals surface area contributed by atoms with Gasteiger partial charge in [-0.3, -0.25) is 14.5 Å². The lowest BCUT2D eigenvalue weighted by molar-refractivity contribution is -0.300. The molecule has 3 aromatic rings. The molecule has 1 aliphatic rings. The first-order chi connectivity index (χ1) is 25.1. The number of aryl methyl sites for hydroxylation is 1. The highest BCUT2D eigenvalue weighted by molar-refractivity contribution is 6.20. The lowest BCUT2D eigenvalue weighted by Gasteiger charge is -2.26. The number of aromatic nitrogens is 2. The molecule has 0 radical (unpaired) electrons. The van der Waals surface area contributed by atoms with Gasteiger partial charge in [-0.05, 0) is 111 Å². The first-order valence-corrected chi connectivity index (χ1v) is 17.4. The minimum Gasteiger partial charge on any atom is -0.490 e. The minimum atomic E-state index is -1.46. The molecule has 0 fully saturated rings. The fourth-order valence-corrected chi connectivity index (χ4v) is 4.96. The number of carbonyl (C=O) groups is 5. The lowest BCUT2D eigenvalue weighted by Crippen LogP contribution is -2.43. The molecular weight excluding hydrogens is 702 g/mol. The molecule has 4 rings (SSSR count). The summed E-state index contributed by atoms with van der Waals surface area (Å²) in [5, 5.41) is 3.18. The van der Waals surface area contributed by atoms with Gasteiger partial charge in [-0.2, -0.15) is 4.89 Å². The SMILES string of the molecule is Cn1c(-c2ccc(OC[C@H](ON3C(=O)c4ccccc4C3=O)C(=O)OC(C)(C)C)cc2)cn(CCCNC(=O)OOC(C)(C)C)/c1=N\C(=O)OC(C)(C)C. The van der Waals surface area contributed by atoms with Crippen molar-refractivity contribution in [3.63, 3.8) is 0 Å². The molecule has 2 heterocycles. The van der Waals surface area contributed by atoms with E-state index in [1.807, 2.05) is 6.20 Å². The number of hydroxylamine groups is 2. The van der Waals surface area contributed by atoms with Crippen molar-refractivity contribution < 1.29 is 52.8 Å². The fraction of sp³-hybridized carbons (Fsp3) is 0.474. The third-order valence-electron chi connectivity index (χ3n) is 7.20. The van der Waals surface area contributed by atoms with Gasteiger partial charge in [0.1, 0.15) is 29.2 Å². The molecule has 4 amide bonds. The molecule has 16 heteroatoms. The van der Waals surface area contributed by atoms with Gasteiger partial charge in [0, 0.05) is 26.3 Å². The lowest BCUT2D eigenvalue weighted by atomic mass is 10.1. The van der Waals surface area contributed by atoms with Crippen LogP contribution >= 0.6 is 0 Å². The van der Waals surface area contributed by atoms with Gasteiger partial charge in [-0.25, -0.2) is 19.2 Å². The van der Waals surface area contributed by atoms with Gasteiger partial charge in [-0.1, -0.05) is 12.1 Å². The van der Waals surface area contributed by atoms with Gasteiger partial charge in [0.15, 0.2) is 0 Å². The maximum atomic E-state index is 13.2. The summed E-state index contributed by atoms with van der Waals surface area (Å²) in [5.41, 5.74) is -0.241. The van der Waals surface area contributed by atoms with Crippen LogP contribution < -0.4 is 15.7 Å². The van der Waals surface area contributed by atoms with E-state index in [1.54, 1.807) is 115 Å². The number of imidazole rings is 1. The number of nitrogens with zero attached hydrogens (tertiary/aromatic N) is 4. The number of benzene rings is 2. The molecule has 2 aromatic carbocycles. The van der Waals surface area contributed by atoms with Gasteiger partial charge in [-0.15, -0.1) is 10.1 Å². The summed E-state index contributed by atoms with van der Waals surface area (Å²) in [6.45, 7) is 15.8. The standard InChI is InChI=1S/C38H49N5O11/c1-36(2,3)50-32(46)29(52-43-30(44)26-14-11-12-15-27(26)31(43)45)23-49-25-18-16-24(17-19-25)28-22-42(21-13-20-39-34(47)53-54-38(7,8)9)33(41(28)10)40-35(48)51-37(4,5)6/h11-12,14-19,22,29H,13,20-21,23H2,1-10H3,(H,39,47)/b40-33-/t29-/m0/s1. The van der Waals surface area contributed by atoms with Crippen molar-refractivity contribution in [1.29, 1.82) is 0 Å². The summed E-state index contributed by atoms with van der Waals surface area (Å²) in [5.74, 6) is -1.87. The molecule has 0 bridgehead atoms. The molecule has 1 aliphatic heterocycles. The monoisotopic (exact) mass is 751 g/mol. The van der Waals surface area contributed by atoms with E-state index in [4.69, 9.17) is 28.8 Å². The van der Waals surface area contributed by atoms with Crippen molar-refractivity contribution in [2.75, 3.05) is 13.2 Å². The number of hydrogen-bond acceptors (Lipinski definition) is 11. The van der Waals surface area contributed by atoms with Crippen LogP contribution in [0.25, 0.3) is 11.3 Å². The predicted octanol–water partition coefficient (Wildman–Crippen LogP) is 5.49. The Kier molecular flexibility index (Phi) is 12.8. The number of amides is 4. The first kappa shape index (κ1) is 41.3. The van der Waals surface area contributed by atoms with E-state index in [9.17, 15) is 24.0 Å². The zero-order valence-corrected chi connectivity index (χ0v) is 32.4. The summed E-state index contributed by atoms with van der Waals surface area (Å²) in [6, 6.07) is 13.1. The van der Waals surface area contributed by atoms with E-state index in [-0.39, 0.29) is 24.3 Å². The second-order valence-electron chi connectivity index (χ2n) is 15.4. The fourth-order valence-electron chi connectivity index (χ4n) is 4.96. The highest BCUT2D eigenvalue weighted by atomic mass is 17.2. The van der Waals surface area contributed by atoms with Gasteiger partial charge in [0.2, 0.25) is 11.7 Å².